The van der Waals surface area contributed by atoms with Crippen LogP contribution in [-0.4, -0.2) is 28.5 Å². The van der Waals surface area contributed by atoms with Crippen LogP contribution in [0.2, 0.25) is 0 Å². The average molecular weight is 346 g/mol. The summed E-state index contributed by atoms with van der Waals surface area (Å²) in [6.45, 7) is 1.21. The molecule has 1 aliphatic heterocycles. The van der Waals surface area contributed by atoms with Crippen LogP contribution >= 0.6 is 0 Å². The Morgan fingerprint density at radius 3 is 2.44 bits per heavy atom. The normalized spacial score (nSPS) is 21.4. The number of hydrogen-bond acceptors (Lipinski definition) is 3. The first-order valence-corrected chi connectivity index (χ1v) is 7.65. The first-order valence-electron chi connectivity index (χ1n) is 7.65. The zero-order valence-electron chi connectivity index (χ0n) is 13.4. The van der Waals surface area contributed by atoms with Crippen molar-refractivity contribution in [3.63, 3.8) is 0 Å². The van der Waals surface area contributed by atoms with Crippen molar-refractivity contribution in [2.45, 2.75) is 18.6 Å². The topological polar surface area (TPSA) is 69.6 Å². The van der Waals surface area contributed by atoms with Crippen LogP contribution in [0.3, 0.4) is 0 Å². The number of carbonyl (C=O) groups excluding carboxylic acids is 2. The Morgan fingerprint density at radius 2 is 1.80 bits per heavy atom. The molecule has 5 nitrogen and oxygen atoms in total. The van der Waals surface area contributed by atoms with Crippen LogP contribution in [0.4, 0.5) is 13.6 Å². The van der Waals surface area contributed by atoms with Crippen molar-refractivity contribution >= 4 is 11.9 Å². The number of halogens is 2. The summed E-state index contributed by atoms with van der Waals surface area (Å²) in [5, 5.41) is 12.8. The van der Waals surface area contributed by atoms with E-state index in [4.69, 9.17) is 0 Å². The number of aliphatic hydroxyl groups is 1. The van der Waals surface area contributed by atoms with E-state index in [1.54, 1.807) is 37.3 Å². The van der Waals surface area contributed by atoms with Crippen molar-refractivity contribution < 1.29 is 23.5 Å². The fourth-order valence-corrected chi connectivity index (χ4v) is 2.83. The summed E-state index contributed by atoms with van der Waals surface area (Å²) in [7, 11) is 0. The summed E-state index contributed by atoms with van der Waals surface area (Å²) in [5.41, 5.74) is -0.558. The molecular weight excluding hydrogens is 330 g/mol. The van der Waals surface area contributed by atoms with Crippen LogP contribution in [0.15, 0.2) is 48.5 Å². The number of aliphatic hydroxyl groups excluding tert-OH is 1. The second kappa shape index (κ2) is 6.25. The minimum Gasteiger partial charge on any atom is -0.387 e. The molecule has 130 valence electrons. The standard InChI is InChI=1S/C18H16F2N2O3/c1-18(12-5-3-2-4-6-12)16(24)22(17(25)21-18)10-15(23)11-7-8-13(19)14(20)9-11/h2-9,15,23H,10H2,1H3,(H,21,25). The van der Waals surface area contributed by atoms with E-state index in [0.29, 0.717) is 5.56 Å². The van der Waals surface area contributed by atoms with E-state index in [2.05, 4.69) is 5.32 Å². The third-order valence-corrected chi connectivity index (χ3v) is 4.31. The van der Waals surface area contributed by atoms with Gasteiger partial charge in [-0.1, -0.05) is 36.4 Å². The van der Waals surface area contributed by atoms with Gasteiger partial charge in [-0.3, -0.25) is 9.69 Å². The lowest BCUT2D eigenvalue weighted by atomic mass is 9.92. The Morgan fingerprint density at radius 1 is 1.12 bits per heavy atom. The van der Waals surface area contributed by atoms with Gasteiger partial charge in [0.1, 0.15) is 5.54 Å². The molecule has 0 spiro atoms. The van der Waals surface area contributed by atoms with Gasteiger partial charge in [0.05, 0.1) is 12.6 Å². The highest BCUT2D eigenvalue weighted by atomic mass is 19.2. The number of benzene rings is 2. The van der Waals surface area contributed by atoms with E-state index >= 15 is 0 Å². The van der Waals surface area contributed by atoms with Gasteiger partial charge in [-0.05, 0) is 30.2 Å². The maximum absolute atomic E-state index is 13.3. The summed E-state index contributed by atoms with van der Waals surface area (Å²) in [6.07, 6.45) is -1.33. The van der Waals surface area contributed by atoms with Crippen molar-refractivity contribution in [3.8, 4) is 0 Å². The monoisotopic (exact) mass is 346 g/mol. The molecular formula is C18H16F2N2O3. The van der Waals surface area contributed by atoms with Crippen LogP contribution in [0.1, 0.15) is 24.2 Å². The molecule has 1 saturated heterocycles. The van der Waals surface area contributed by atoms with Crippen molar-refractivity contribution in [2.24, 2.45) is 0 Å². The summed E-state index contributed by atoms with van der Waals surface area (Å²) in [4.78, 5) is 25.8. The van der Waals surface area contributed by atoms with E-state index in [1.165, 1.54) is 6.07 Å². The number of nitrogens with one attached hydrogen (secondary N) is 1. The number of nitrogens with zero attached hydrogens (tertiary/aromatic N) is 1. The predicted molar refractivity (Wildman–Crippen MR) is 85.4 cm³/mol. The molecule has 2 atom stereocenters. The first-order chi connectivity index (χ1) is 11.8. The number of amides is 3. The minimum absolute atomic E-state index is 0.0767. The molecule has 0 saturated carbocycles. The Bertz CT molecular complexity index is 828. The molecule has 25 heavy (non-hydrogen) atoms. The zero-order chi connectivity index (χ0) is 18.2. The lowest BCUT2D eigenvalue weighted by Gasteiger charge is -2.23. The molecule has 1 fully saturated rings. The molecule has 2 unspecified atom stereocenters. The highest BCUT2D eigenvalue weighted by Crippen LogP contribution is 2.30. The molecule has 3 rings (SSSR count). The van der Waals surface area contributed by atoms with Crippen LogP contribution in [0, 0.1) is 11.6 Å². The van der Waals surface area contributed by atoms with E-state index in [1.807, 2.05) is 0 Å². The van der Waals surface area contributed by atoms with E-state index < -0.39 is 35.2 Å². The van der Waals surface area contributed by atoms with Gasteiger partial charge >= 0.3 is 6.03 Å². The fourth-order valence-electron chi connectivity index (χ4n) is 2.83. The maximum Gasteiger partial charge on any atom is 0.325 e. The Kier molecular flexibility index (Phi) is 4.26. The Balaban J connectivity index is 1.82. The number of carbonyl (C=O) groups is 2. The second-order valence-corrected chi connectivity index (χ2v) is 6.03. The van der Waals surface area contributed by atoms with Gasteiger partial charge < -0.3 is 10.4 Å². The van der Waals surface area contributed by atoms with Gasteiger partial charge in [0.15, 0.2) is 11.6 Å². The quantitative estimate of drug-likeness (QED) is 0.836. The van der Waals surface area contributed by atoms with Gasteiger partial charge in [-0.2, -0.15) is 0 Å². The lowest BCUT2D eigenvalue weighted by molar-refractivity contribution is -0.132. The summed E-state index contributed by atoms with van der Waals surface area (Å²) < 4.78 is 26.3. The summed E-state index contributed by atoms with van der Waals surface area (Å²) in [6, 6.07) is 11.0. The van der Waals surface area contributed by atoms with Gasteiger partial charge in [0.2, 0.25) is 0 Å². The molecule has 2 aromatic carbocycles. The average Bonchev–Trinajstić information content (AvgIpc) is 2.82. The number of rotatable bonds is 4. The van der Waals surface area contributed by atoms with Crippen molar-refractivity contribution in [1.82, 2.24) is 10.2 Å². The minimum atomic E-state index is -1.33. The van der Waals surface area contributed by atoms with E-state index in [9.17, 15) is 23.5 Å². The lowest BCUT2D eigenvalue weighted by Crippen LogP contribution is -2.41. The molecule has 7 heteroatoms. The van der Waals surface area contributed by atoms with Crippen molar-refractivity contribution in [1.29, 1.82) is 0 Å². The highest BCUT2D eigenvalue weighted by Gasteiger charge is 2.49. The summed E-state index contributed by atoms with van der Waals surface area (Å²) in [5.74, 6) is -2.67. The van der Waals surface area contributed by atoms with Gasteiger partial charge in [-0.15, -0.1) is 0 Å². The second-order valence-electron chi connectivity index (χ2n) is 6.03. The third-order valence-electron chi connectivity index (χ3n) is 4.31. The maximum atomic E-state index is 13.3. The number of hydrogen-bond donors (Lipinski definition) is 2. The van der Waals surface area contributed by atoms with Crippen LogP contribution < -0.4 is 5.32 Å². The highest BCUT2D eigenvalue weighted by molar-refractivity contribution is 6.07. The summed E-state index contributed by atoms with van der Waals surface area (Å²) >= 11 is 0. The molecule has 3 amide bonds. The molecule has 0 aromatic heterocycles. The van der Waals surface area contributed by atoms with Crippen molar-refractivity contribution in [2.75, 3.05) is 6.54 Å². The molecule has 2 aromatic rings. The molecule has 0 radical (unpaired) electrons. The SMILES string of the molecule is CC1(c2ccccc2)NC(=O)N(CC(O)c2ccc(F)c(F)c2)C1=O. The predicted octanol–water partition coefficient (Wildman–Crippen LogP) is 2.47. The Labute approximate surface area is 142 Å². The number of urea groups is 1. The third kappa shape index (κ3) is 2.98. The molecule has 0 aliphatic carbocycles. The van der Waals surface area contributed by atoms with Gasteiger partial charge in [0.25, 0.3) is 5.91 Å². The fraction of sp³-hybridized carbons (Fsp3) is 0.222. The molecule has 1 heterocycles. The van der Waals surface area contributed by atoms with Gasteiger partial charge in [-0.25, -0.2) is 13.6 Å². The van der Waals surface area contributed by atoms with Crippen LogP contribution in [0.25, 0.3) is 0 Å². The number of β-amino-alcohol motifs (C(OH)–C–C–N with tert-alkyl or cyclic N) is 1. The molecule has 2 N–H and O–H groups in total. The zero-order valence-corrected chi connectivity index (χ0v) is 13.4. The largest absolute Gasteiger partial charge is 0.387 e. The smallest absolute Gasteiger partial charge is 0.325 e. The first kappa shape index (κ1) is 17.0. The molecule has 0 bridgehead atoms. The molecule has 1 aliphatic rings. The Hall–Kier alpha value is -2.80. The number of imide groups is 1. The van der Waals surface area contributed by atoms with Crippen LogP contribution in [0.5, 0.6) is 0 Å². The van der Waals surface area contributed by atoms with E-state index in [-0.39, 0.29) is 12.1 Å². The van der Waals surface area contributed by atoms with Crippen molar-refractivity contribution in [3.05, 3.63) is 71.3 Å². The van der Waals surface area contributed by atoms with Gasteiger partial charge in [0, 0.05) is 0 Å². The van der Waals surface area contributed by atoms with Crippen LogP contribution in [-0.2, 0) is 10.3 Å². The van der Waals surface area contributed by atoms with E-state index in [0.717, 1.165) is 17.0 Å².